The van der Waals surface area contributed by atoms with Gasteiger partial charge in [-0.3, -0.25) is 0 Å². The average molecular weight is 276 g/mol. The fourth-order valence-corrected chi connectivity index (χ4v) is 3.94. The van der Waals surface area contributed by atoms with Crippen LogP contribution in [0.25, 0.3) is 0 Å². The summed E-state index contributed by atoms with van der Waals surface area (Å²) in [5, 5.41) is 0. The van der Waals surface area contributed by atoms with Crippen molar-refractivity contribution in [3.8, 4) is 0 Å². The van der Waals surface area contributed by atoms with E-state index in [4.69, 9.17) is 0 Å². The zero-order valence-corrected chi connectivity index (χ0v) is 13.3. The van der Waals surface area contributed by atoms with E-state index >= 15 is 0 Å². The molecule has 2 atom stereocenters. The minimum absolute atomic E-state index is 0.712. The second-order valence-electron chi connectivity index (χ2n) is 4.62. The zero-order chi connectivity index (χ0) is 12.7. The highest BCUT2D eigenvalue weighted by Gasteiger charge is 2.41. The van der Waals surface area contributed by atoms with Gasteiger partial charge in [0.05, 0.1) is 23.9 Å². The lowest BCUT2D eigenvalue weighted by molar-refractivity contribution is -0.388. The van der Waals surface area contributed by atoms with E-state index in [0.717, 1.165) is 0 Å². The van der Waals surface area contributed by atoms with Gasteiger partial charge in [-0.1, -0.05) is 26.7 Å². The van der Waals surface area contributed by atoms with Crippen molar-refractivity contribution < 1.29 is 3.98 Å². The molecule has 2 unspecified atom stereocenters. The topological polar surface area (TPSA) is 6.25 Å². The molecule has 1 heterocycles. The fraction of sp³-hybridized carbons (Fsp3) is 0.923. The van der Waals surface area contributed by atoms with Crippen LogP contribution in [-0.2, 0) is 0 Å². The molecule has 0 amide bonds. The van der Waals surface area contributed by atoms with Crippen LogP contribution in [0.2, 0.25) is 0 Å². The van der Waals surface area contributed by atoms with Gasteiger partial charge in [-0.25, -0.2) is 0 Å². The molecule has 1 aliphatic heterocycles. The van der Waals surface area contributed by atoms with Gasteiger partial charge < -0.3 is 0 Å². The molecular formula is C13H27N2S2+. The van der Waals surface area contributed by atoms with E-state index < -0.39 is 0 Å². The van der Waals surface area contributed by atoms with Gasteiger partial charge >= 0.3 is 0 Å². The Hall–Kier alpha value is 0.170. The van der Waals surface area contributed by atoms with Crippen LogP contribution in [0.4, 0.5) is 0 Å². The summed E-state index contributed by atoms with van der Waals surface area (Å²) >= 11 is 3.74. The summed E-state index contributed by atoms with van der Waals surface area (Å²) in [5.41, 5.74) is 0. The lowest BCUT2D eigenvalue weighted by atomic mass is 9.99. The van der Waals surface area contributed by atoms with Gasteiger partial charge in [-0.05, 0) is 25.7 Å². The Morgan fingerprint density at radius 2 is 1.76 bits per heavy atom. The molecule has 0 spiro atoms. The summed E-state index contributed by atoms with van der Waals surface area (Å²) in [5.74, 6) is 0. The van der Waals surface area contributed by atoms with Gasteiger partial charge in [0.25, 0.3) is 6.34 Å². The number of unbranched alkanes of at least 4 members (excludes halogenated alkanes) is 2. The first-order valence-electron chi connectivity index (χ1n) is 6.78. The molecule has 0 radical (unpaired) electrons. The summed E-state index contributed by atoms with van der Waals surface area (Å²) < 4.78 is 4.93. The Labute approximate surface area is 115 Å². The van der Waals surface area contributed by atoms with Crippen LogP contribution >= 0.6 is 23.9 Å². The first-order valence-corrected chi connectivity index (χ1v) is 9.14. The monoisotopic (exact) mass is 275 g/mol. The minimum Gasteiger partial charge on any atom is -0.196 e. The van der Waals surface area contributed by atoms with Crippen molar-refractivity contribution >= 4 is 30.2 Å². The average Bonchev–Trinajstić information content (AvgIpc) is 2.70. The quantitative estimate of drug-likeness (QED) is 0.488. The molecule has 100 valence electrons. The van der Waals surface area contributed by atoms with E-state index in [0.29, 0.717) is 12.1 Å². The first-order chi connectivity index (χ1) is 8.28. The molecule has 0 N–H and O–H groups in total. The maximum atomic E-state index is 2.46. The predicted molar refractivity (Wildman–Crippen MR) is 81.8 cm³/mol. The number of nitrogens with zero attached hydrogens (tertiary/aromatic N) is 2. The van der Waals surface area contributed by atoms with Crippen molar-refractivity contribution in [1.29, 1.82) is 0 Å². The maximum absolute atomic E-state index is 2.46. The van der Waals surface area contributed by atoms with E-state index in [1.807, 2.05) is 23.9 Å². The highest BCUT2D eigenvalue weighted by Crippen LogP contribution is 2.29. The van der Waals surface area contributed by atoms with Gasteiger partial charge in [0.1, 0.15) is 12.1 Å². The van der Waals surface area contributed by atoms with Crippen LogP contribution in [0.5, 0.6) is 0 Å². The molecule has 2 nitrogen and oxygen atoms in total. The second kappa shape index (κ2) is 8.30. The first kappa shape index (κ1) is 15.2. The maximum Gasteiger partial charge on any atom is 0.258 e. The molecule has 0 aromatic heterocycles. The Bertz CT molecular complexity index is 244. The lowest BCUT2D eigenvalue weighted by Gasteiger charge is -2.20. The van der Waals surface area contributed by atoms with Crippen molar-refractivity contribution in [3.05, 3.63) is 0 Å². The van der Waals surface area contributed by atoms with E-state index in [1.165, 1.54) is 38.5 Å². The summed E-state index contributed by atoms with van der Waals surface area (Å²) in [4.78, 5) is 0. The SMILES string of the molecule is CCCCC1C(CCCC)[N+](SC)=CN1SC. The molecule has 1 rings (SSSR count). The molecule has 17 heavy (non-hydrogen) atoms. The summed E-state index contributed by atoms with van der Waals surface area (Å²) in [6.07, 6.45) is 14.7. The van der Waals surface area contributed by atoms with E-state index in [9.17, 15) is 0 Å². The molecule has 0 aliphatic carbocycles. The minimum atomic E-state index is 0.712. The standard InChI is InChI=1S/C13H27N2S2/c1-5-7-9-12-13(10-8-6-2)15(17-4)11-14(12)16-3/h11-13H,5-10H2,1-4H3/q+1. The molecule has 0 saturated carbocycles. The molecule has 4 heteroatoms. The normalized spacial score (nSPS) is 24.2. The highest BCUT2D eigenvalue weighted by molar-refractivity contribution is 7.96. The van der Waals surface area contributed by atoms with Gasteiger partial charge in [0.15, 0.2) is 0 Å². The summed E-state index contributed by atoms with van der Waals surface area (Å²) in [6.45, 7) is 4.57. The van der Waals surface area contributed by atoms with Crippen molar-refractivity contribution in [3.63, 3.8) is 0 Å². The second-order valence-corrected chi connectivity index (χ2v) is 6.19. The lowest BCUT2D eigenvalue weighted by Crippen LogP contribution is -2.34. The Morgan fingerprint density at radius 3 is 2.29 bits per heavy atom. The van der Waals surface area contributed by atoms with Crippen molar-refractivity contribution in [2.75, 3.05) is 12.5 Å². The van der Waals surface area contributed by atoms with Crippen molar-refractivity contribution in [2.45, 2.75) is 64.5 Å². The smallest absolute Gasteiger partial charge is 0.196 e. The summed E-state index contributed by atoms with van der Waals surface area (Å²) in [6, 6.07) is 1.42. The van der Waals surface area contributed by atoms with Crippen LogP contribution in [0, 0.1) is 0 Å². The fourth-order valence-electron chi connectivity index (χ4n) is 2.45. The van der Waals surface area contributed by atoms with Crippen LogP contribution in [0.3, 0.4) is 0 Å². The third kappa shape index (κ3) is 4.09. The Kier molecular flexibility index (Phi) is 7.44. The van der Waals surface area contributed by atoms with Crippen LogP contribution < -0.4 is 0 Å². The number of hydrogen-bond donors (Lipinski definition) is 0. The number of rotatable bonds is 8. The van der Waals surface area contributed by atoms with Gasteiger partial charge in [0.2, 0.25) is 0 Å². The highest BCUT2D eigenvalue weighted by atomic mass is 32.2. The molecule has 0 aromatic carbocycles. The molecular weight excluding hydrogens is 248 g/mol. The third-order valence-electron chi connectivity index (χ3n) is 3.45. The Balaban J connectivity index is 2.66. The molecule has 0 aromatic rings. The van der Waals surface area contributed by atoms with Crippen molar-refractivity contribution in [1.82, 2.24) is 4.31 Å². The molecule has 1 aliphatic rings. The third-order valence-corrected chi connectivity index (χ3v) is 5.03. The van der Waals surface area contributed by atoms with Crippen LogP contribution in [0.15, 0.2) is 0 Å². The van der Waals surface area contributed by atoms with Gasteiger partial charge in [-0.15, -0.1) is 0 Å². The zero-order valence-electron chi connectivity index (χ0n) is 11.7. The number of hydrogen-bond acceptors (Lipinski definition) is 3. The van der Waals surface area contributed by atoms with E-state index in [2.05, 4.69) is 41.0 Å². The van der Waals surface area contributed by atoms with Crippen molar-refractivity contribution in [2.24, 2.45) is 0 Å². The molecule has 0 saturated heterocycles. The Morgan fingerprint density at radius 1 is 1.12 bits per heavy atom. The van der Waals surface area contributed by atoms with Crippen LogP contribution in [0.1, 0.15) is 52.4 Å². The largest absolute Gasteiger partial charge is 0.258 e. The van der Waals surface area contributed by atoms with Gasteiger partial charge in [0, 0.05) is 12.5 Å². The van der Waals surface area contributed by atoms with E-state index in [-0.39, 0.29) is 0 Å². The molecule has 0 fully saturated rings. The van der Waals surface area contributed by atoms with E-state index in [1.54, 1.807) is 0 Å². The van der Waals surface area contributed by atoms with Crippen LogP contribution in [-0.4, -0.2) is 39.2 Å². The van der Waals surface area contributed by atoms with Gasteiger partial charge in [-0.2, -0.15) is 8.29 Å². The summed E-state index contributed by atoms with van der Waals surface area (Å²) in [7, 11) is 0. The molecule has 0 bridgehead atoms. The predicted octanol–water partition coefficient (Wildman–Crippen LogP) is 4.02.